The van der Waals surface area contributed by atoms with E-state index in [9.17, 15) is 13.2 Å². The van der Waals surface area contributed by atoms with Gasteiger partial charge in [-0.2, -0.15) is 0 Å². The van der Waals surface area contributed by atoms with Crippen molar-refractivity contribution in [1.82, 2.24) is 10.2 Å². The Bertz CT molecular complexity index is 442. The molecule has 0 unspecified atom stereocenters. The highest BCUT2D eigenvalue weighted by molar-refractivity contribution is 5.27. The molecule has 0 bridgehead atoms. The minimum Gasteiger partial charge on any atom is -0.406 e. The van der Waals surface area contributed by atoms with Crippen molar-refractivity contribution in [3.05, 3.63) is 29.8 Å². The van der Waals surface area contributed by atoms with Crippen LogP contribution in [0.1, 0.15) is 31.2 Å². The van der Waals surface area contributed by atoms with Crippen molar-refractivity contribution in [2.24, 2.45) is 0 Å². The molecule has 0 atom stereocenters. The summed E-state index contributed by atoms with van der Waals surface area (Å²) in [5, 5.41) is 4.33. The van der Waals surface area contributed by atoms with Gasteiger partial charge < -0.3 is 9.64 Å². The van der Waals surface area contributed by atoms with Crippen molar-refractivity contribution in [1.29, 1.82) is 0 Å². The van der Waals surface area contributed by atoms with Crippen molar-refractivity contribution in [3.63, 3.8) is 0 Å². The van der Waals surface area contributed by atoms with Crippen LogP contribution in [-0.2, 0) is 6.42 Å². The van der Waals surface area contributed by atoms with E-state index in [0.717, 1.165) is 57.5 Å². The lowest BCUT2D eigenvalue weighted by Gasteiger charge is -2.26. The first-order chi connectivity index (χ1) is 11.0. The second kappa shape index (κ2) is 9.13. The minimum absolute atomic E-state index is 0.158. The van der Waals surface area contributed by atoms with Crippen molar-refractivity contribution in [3.8, 4) is 5.75 Å². The van der Waals surface area contributed by atoms with Crippen LogP contribution in [0.15, 0.2) is 24.3 Å². The van der Waals surface area contributed by atoms with Crippen LogP contribution in [0, 0.1) is 0 Å². The van der Waals surface area contributed by atoms with E-state index in [2.05, 4.69) is 15.0 Å². The maximum Gasteiger partial charge on any atom is 0.573 e. The van der Waals surface area contributed by atoms with Crippen LogP contribution < -0.4 is 10.1 Å². The van der Waals surface area contributed by atoms with E-state index in [1.165, 1.54) is 25.0 Å². The van der Waals surface area contributed by atoms with Crippen molar-refractivity contribution in [2.45, 2.75) is 38.5 Å². The molecule has 129 valence electrons. The van der Waals surface area contributed by atoms with E-state index < -0.39 is 6.36 Å². The first-order valence-corrected chi connectivity index (χ1v) is 8.23. The normalized spacial score (nSPS) is 16.5. The summed E-state index contributed by atoms with van der Waals surface area (Å²) in [6.07, 6.45) is 0.897. The number of piperazine rings is 1. The summed E-state index contributed by atoms with van der Waals surface area (Å²) in [5.41, 5.74) is 1.05. The largest absolute Gasteiger partial charge is 0.573 e. The summed E-state index contributed by atoms with van der Waals surface area (Å²) < 4.78 is 40.1. The highest BCUT2D eigenvalue weighted by Gasteiger charge is 2.30. The Morgan fingerprint density at radius 2 is 1.61 bits per heavy atom. The van der Waals surface area contributed by atoms with Crippen LogP contribution in [0.25, 0.3) is 0 Å². The maximum atomic E-state index is 12.1. The van der Waals surface area contributed by atoms with Gasteiger partial charge in [0.15, 0.2) is 0 Å². The predicted octanol–water partition coefficient (Wildman–Crippen LogP) is 3.61. The molecule has 1 saturated heterocycles. The lowest BCUT2D eigenvalue weighted by atomic mass is 10.1. The second-order valence-corrected chi connectivity index (χ2v) is 5.87. The Morgan fingerprint density at radius 1 is 0.957 bits per heavy atom. The van der Waals surface area contributed by atoms with Gasteiger partial charge in [0.1, 0.15) is 5.75 Å². The number of rotatable bonds is 8. The molecule has 0 aromatic heterocycles. The van der Waals surface area contributed by atoms with E-state index in [1.807, 2.05) is 0 Å². The average molecular weight is 329 g/mol. The molecule has 0 saturated carbocycles. The fourth-order valence-corrected chi connectivity index (χ4v) is 2.75. The molecule has 1 fully saturated rings. The molecule has 1 aromatic carbocycles. The zero-order valence-electron chi connectivity index (χ0n) is 13.3. The van der Waals surface area contributed by atoms with Crippen LogP contribution >= 0.6 is 0 Å². The topological polar surface area (TPSA) is 26.6 Å². The highest BCUT2D eigenvalue weighted by Crippen LogP contribution is 2.23. The number of aryl methyl sites for hydroxylation is 1. The molecule has 1 aliphatic heterocycles. The Labute approximate surface area is 135 Å². The standard InChI is InChI=1S/C17H24F3N2O/c18-17(19,20)23-16-8-6-15(7-9-16)5-3-1-2-4-12-22-13-10-21-11-14-22/h6-9H,1-5,10-14H2. The van der Waals surface area contributed by atoms with Crippen molar-refractivity contribution in [2.75, 3.05) is 32.7 Å². The quantitative estimate of drug-likeness (QED) is 0.681. The molecule has 0 N–H and O–H groups in total. The molecule has 0 aliphatic carbocycles. The van der Waals surface area contributed by atoms with E-state index >= 15 is 0 Å². The molecule has 0 spiro atoms. The smallest absolute Gasteiger partial charge is 0.406 e. The summed E-state index contributed by atoms with van der Waals surface area (Å²) in [6, 6.07) is 6.17. The fraction of sp³-hybridized carbons (Fsp3) is 0.647. The van der Waals surface area contributed by atoms with Crippen LogP contribution in [0.2, 0.25) is 0 Å². The van der Waals surface area contributed by atoms with Gasteiger partial charge in [-0.15, -0.1) is 13.2 Å². The summed E-state index contributed by atoms with van der Waals surface area (Å²) in [7, 11) is 0. The number of hydrogen-bond acceptors (Lipinski definition) is 2. The van der Waals surface area contributed by atoms with E-state index in [4.69, 9.17) is 0 Å². The molecule has 6 heteroatoms. The lowest BCUT2D eigenvalue weighted by molar-refractivity contribution is -0.274. The van der Waals surface area contributed by atoms with Gasteiger partial charge in [0, 0.05) is 26.2 Å². The van der Waals surface area contributed by atoms with Crippen LogP contribution in [0.5, 0.6) is 5.75 Å². The summed E-state index contributed by atoms with van der Waals surface area (Å²) >= 11 is 0. The van der Waals surface area contributed by atoms with Gasteiger partial charge in [-0.1, -0.05) is 25.0 Å². The first kappa shape index (κ1) is 18.1. The van der Waals surface area contributed by atoms with Gasteiger partial charge in [0.25, 0.3) is 0 Å². The number of halogens is 3. The molecule has 2 rings (SSSR count). The second-order valence-electron chi connectivity index (χ2n) is 5.87. The lowest BCUT2D eigenvalue weighted by Crippen LogP contribution is -2.40. The molecule has 3 nitrogen and oxygen atoms in total. The monoisotopic (exact) mass is 329 g/mol. The number of hydrogen-bond donors (Lipinski definition) is 0. The third-order valence-electron chi connectivity index (χ3n) is 4.00. The first-order valence-electron chi connectivity index (χ1n) is 8.23. The number of nitrogens with zero attached hydrogens (tertiary/aromatic N) is 2. The van der Waals surface area contributed by atoms with Gasteiger partial charge in [0.2, 0.25) is 0 Å². The van der Waals surface area contributed by atoms with Gasteiger partial charge in [0.05, 0.1) is 0 Å². The van der Waals surface area contributed by atoms with E-state index in [1.54, 1.807) is 12.1 Å². The van der Waals surface area contributed by atoms with E-state index in [-0.39, 0.29) is 5.75 Å². The number of ether oxygens (including phenoxy) is 1. The maximum absolute atomic E-state index is 12.1. The molecule has 1 aromatic rings. The highest BCUT2D eigenvalue weighted by atomic mass is 19.4. The fourth-order valence-electron chi connectivity index (χ4n) is 2.75. The molecule has 1 radical (unpaired) electrons. The summed E-state index contributed by atoms with van der Waals surface area (Å²) in [5.74, 6) is -0.158. The Kier molecular flexibility index (Phi) is 7.17. The van der Waals surface area contributed by atoms with Crippen molar-refractivity contribution >= 4 is 0 Å². The zero-order valence-corrected chi connectivity index (χ0v) is 13.3. The number of alkyl halides is 3. The number of benzene rings is 1. The predicted molar refractivity (Wildman–Crippen MR) is 83.6 cm³/mol. The average Bonchev–Trinajstić information content (AvgIpc) is 2.52. The molecule has 0 amide bonds. The molecule has 1 aliphatic rings. The molecule has 23 heavy (non-hydrogen) atoms. The van der Waals surface area contributed by atoms with Crippen LogP contribution in [0.4, 0.5) is 13.2 Å². The Balaban J connectivity index is 1.55. The Hall–Kier alpha value is -1.27. The minimum atomic E-state index is -4.62. The van der Waals surface area contributed by atoms with Crippen LogP contribution in [-0.4, -0.2) is 44.0 Å². The van der Waals surface area contributed by atoms with Gasteiger partial charge in [-0.05, 0) is 43.5 Å². The Morgan fingerprint density at radius 3 is 2.26 bits per heavy atom. The molecular weight excluding hydrogens is 305 g/mol. The third-order valence-corrected chi connectivity index (χ3v) is 4.00. The molecule has 1 heterocycles. The van der Waals surface area contributed by atoms with Gasteiger partial charge in [-0.25, -0.2) is 5.32 Å². The summed E-state index contributed by atoms with van der Waals surface area (Å²) in [4.78, 5) is 2.46. The zero-order chi connectivity index (χ0) is 16.5. The summed E-state index contributed by atoms with van der Waals surface area (Å²) in [6.45, 7) is 5.26. The third kappa shape index (κ3) is 7.70. The van der Waals surface area contributed by atoms with Gasteiger partial charge in [-0.3, -0.25) is 0 Å². The van der Waals surface area contributed by atoms with Crippen LogP contribution in [0.3, 0.4) is 0 Å². The SMILES string of the molecule is FC(F)(F)Oc1ccc(CCCCCCN2CC[N]CC2)cc1. The van der Waals surface area contributed by atoms with Crippen molar-refractivity contribution < 1.29 is 17.9 Å². The molecular formula is C17H24F3N2O. The number of unbranched alkanes of at least 4 members (excludes halogenated alkanes) is 3. The van der Waals surface area contributed by atoms with E-state index in [0.29, 0.717) is 0 Å². The van der Waals surface area contributed by atoms with Gasteiger partial charge >= 0.3 is 6.36 Å².